The molecule has 0 saturated carbocycles. The van der Waals surface area contributed by atoms with Crippen molar-refractivity contribution in [3.8, 4) is 0 Å². The van der Waals surface area contributed by atoms with Crippen molar-refractivity contribution in [1.29, 1.82) is 0 Å². The molecule has 1 unspecified atom stereocenters. The number of aryl methyl sites for hydroxylation is 2. The molecule has 0 saturated heterocycles. The molecule has 20 heavy (non-hydrogen) atoms. The first-order valence-corrected chi connectivity index (χ1v) is 7.84. The van der Waals surface area contributed by atoms with Gasteiger partial charge < -0.3 is 4.98 Å². The summed E-state index contributed by atoms with van der Waals surface area (Å²) in [5, 5.41) is 0. The van der Waals surface area contributed by atoms with Crippen molar-refractivity contribution < 1.29 is 0 Å². The van der Waals surface area contributed by atoms with E-state index in [0.717, 1.165) is 42.6 Å². The molecule has 0 bridgehead atoms. The Bertz CT molecular complexity index is 660. The van der Waals surface area contributed by atoms with Gasteiger partial charge in [-0.25, -0.2) is 4.98 Å². The maximum Gasteiger partial charge on any atom is 0.129 e. The van der Waals surface area contributed by atoms with Crippen LogP contribution >= 0.6 is 12.2 Å². The number of hydrogen-bond acceptors (Lipinski definition) is 2. The molecule has 0 amide bonds. The highest BCUT2D eigenvalue weighted by Crippen LogP contribution is 2.30. The van der Waals surface area contributed by atoms with Gasteiger partial charge in [-0.2, -0.15) is 0 Å². The minimum Gasteiger partial charge on any atom is -0.347 e. The highest BCUT2D eigenvalue weighted by Gasteiger charge is 2.21. The third-order valence-corrected chi connectivity index (χ3v) is 4.28. The van der Waals surface area contributed by atoms with Gasteiger partial charge in [0, 0.05) is 11.6 Å². The van der Waals surface area contributed by atoms with Crippen molar-refractivity contribution in [3.63, 3.8) is 0 Å². The number of H-pyrrole nitrogens is 1. The Labute approximate surface area is 125 Å². The molecule has 1 atom stereocenters. The first kappa shape index (κ1) is 13.5. The summed E-state index contributed by atoms with van der Waals surface area (Å²) in [6, 6.07) is 10.7. The van der Waals surface area contributed by atoms with Crippen LogP contribution in [0.2, 0.25) is 0 Å². The second-order valence-electron chi connectivity index (χ2n) is 5.59. The molecule has 3 heteroatoms. The number of fused-ring (bicyclic) bond motifs is 1. The summed E-state index contributed by atoms with van der Waals surface area (Å²) in [6.07, 6.45) is 5.54. The minimum absolute atomic E-state index is 0.475. The molecule has 0 radical (unpaired) electrons. The normalized spacial score (nSPS) is 17.8. The molecule has 2 aromatic rings. The van der Waals surface area contributed by atoms with Crippen molar-refractivity contribution in [1.82, 2.24) is 9.97 Å². The van der Waals surface area contributed by atoms with Crippen molar-refractivity contribution in [2.45, 2.75) is 44.9 Å². The topological polar surface area (TPSA) is 28.7 Å². The van der Waals surface area contributed by atoms with E-state index < -0.39 is 0 Å². The van der Waals surface area contributed by atoms with Crippen LogP contribution in [0.1, 0.15) is 48.3 Å². The Morgan fingerprint density at radius 1 is 1.30 bits per heavy atom. The van der Waals surface area contributed by atoms with Crippen molar-refractivity contribution in [2.75, 3.05) is 0 Å². The van der Waals surface area contributed by atoms with Crippen LogP contribution in [0, 0.1) is 4.64 Å². The Balaban J connectivity index is 1.89. The zero-order chi connectivity index (χ0) is 13.9. The van der Waals surface area contributed by atoms with Crippen molar-refractivity contribution >= 4 is 12.2 Å². The molecule has 0 fully saturated rings. The monoisotopic (exact) mass is 284 g/mol. The third-order valence-electron chi connectivity index (χ3n) is 4.07. The molecule has 3 rings (SSSR count). The second kappa shape index (κ2) is 5.88. The van der Waals surface area contributed by atoms with Gasteiger partial charge in [-0.3, -0.25) is 0 Å². The lowest BCUT2D eigenvalue weighted by atomic mass is 9.83. The van der Waals surface area contributed by atoms with Gasteiger partial charge in [0.25, 0.3) is 0 Å². The molecular weight excluding hydrogens is 264 g/mol. The largest absolute Gasteiger partial charge is 0.347 e. The SMILES string of the molecule is CCCc1cc(=S)nc(C2CCc3ccccc3C2)[nH]1. The van der Waals surface area contributed by atoms with E-state index in [4.69, 9.17) is 12.2 Å². The standard InChI is InChI=1S/C17H20N2S/c1-2-5-15-11-16(20)19-17(18-15)14-9-8-12-6-3-4-7-13(12)10-14/h3-4,6-7,11,14H,2,5,8-10H2,1H3,(H,18,19,20). The van der Waals surface area contributed by atoms with Gasteiger partial charge in [-0.1, -0.05) is 49.8 Å². The molecule has 0 spiro atoms. The van der Waals surface area contributed by atoms with Gasteiger partial charge in [-0.05, 0) is 42.9 Å². The fraction of sp³-hybridized carbons (Fsp3) is 0.412. The number of rotatable bonds is 3. The average Bonchev–Trinajstić information content (AvgIpc) is 2.46. The van der Waals surface area contributed by atoms with Gasteiger partial charge in [0.1, 0.15) is 10.5 Å². The van der Waals surface area contributed by atoms with Crippen LogP contribution in [-0.2, 0) is 19.3 Å². The molecule has 2 nitrogen and oxygen atoms in total. The molecular formula is C17H20N2S. The van der Waals surface area contributed by atoms with Crippen molar-refractivity contribution in [3.05, 3.63) is 57.6 Å². The predicted octanol–water partition coefficient (Wildman–Crippen LogP) is 4.36. The summed E-state index contributed by atoms with van der Waals surface area (Å²) in [7, 11) is 0. The van der Waals surface area contributed by atoms with Gasteiger partial charge in [0.15, 0.2) is 0 Å². The number of nitrogens with zero attached hydrogens (tertiary/aromatic N) is 1. The molecule has 1 aliphatic carbocycles. The number of nitrogens with one attached hydrogen (secondary N) is 1. The summed E-state index contributed by atoms with van der Waals surface area (Å²) < 4.78 is 0.723. The van der Waals surface area contributed by atoms with E-state index >= 15 is 0 Å². The van der Waals surface area contributed by atoms with Crippen LogP contribution in [0.25, 0.3) is 0 Å². The molecule has 1 aromatic heterocycles. The Morgan fingerprint density at radius 2 is 2.10 bits per heavy atom. The summed E-state index contributed by atoms with van der Waals surface area (Å²) in [5.74, 6) is 1.55. The fourth-order valence-corrected chi connectivity index (χ4v) is 3.30. The first-order valence-electron chi connectivity index (χ1n) is 7.43. The number of aromatic amines is 1. The zero-order valence-electron chi connectivity index (χ0n) is 11.9. The van der Waals surface area contributed by atoms with Gasteiger partial charge in [0.2, 0.25) is 0 Å². The molecule has 104 valence electrons. The van der Waals surface area contributed by atoms with Crippen LogP contribution in [0.5, 0.6) is 0 Å². The quantitative estimate of drug-likeness (QED) is 0.848. The van der Waals surface area contributed by atoms with Crippen LogP contribution in [-0.4, -0.2) is 9.97 Å². The van der Waals surface area contributed by atoms with Crippen LogP contribution in [0.3, 0.4) is 0 Å². The molecule has 1 aliphatic rings. The van der Waals surface area contributed by atoms with E-state index in [9.17, 15) is 0 Å². The maximum absolute atomic E-state index is 5.32. The first-order chi connectivity index (χ1) is 9.76. The van der Waals surface area contributed by atoms with Crippen LogP contribution in [0.15, 0.2) is 30.3 Å². The van der Waals surface area contributed by atoms with E-state index in [1.165, 1.54) is 16.8 Å². The van der Waals surface area contributed by atoms with Gasteiger partial charge in [0.05, 0.1) is 0 Å². The second-order valence-corrected chi connectivity index (χ2v) is 6.01. The highest BCUT2D eigenvalue weighted by molar-refractivity contribution is 7.71. The summed E-state index contributed by atoms with van der Waals surface area (Å²) in [5.41, 5.74) is 4.18. The van der Waals surface area contributed by atoms with Gasteiger partial charge >= 0.3 is 0 Å². The zero-order valence-corrected chi connectivity index (χ0v) is 12.7. The predicted molar refractivity (Wildman–Crippen MR) is 84.6 cm³/mol. The molecule has 1 aromatic carbocycles. The molecule has 1 heterocycles. The lowest BCUT2D eigenvalue weighted by Gasteiger charge is -2.24. The maximum atomic E-state index is 5.32. The van der Waals surface area contributed by atoms with Gasteiger partial charge in [-0.15, -0.1) is 0 Å². The molecule has 0 aliphatic heterocycles. The van der Waals surface area contributed by atoms with E-state index in [-0.39, 0.29) is 0 Å². The Hall–Kier alpha value is -1.48. The average molecular weight is 284 g/mol. The highest BCUT2D eigenvalue weighted by atomic mass is 32.1. The summed E-state index contributed by atoms with van der Waals surface area (Å²) in [6.45, 7) is 2.19. The van der Waals surface area contributed by atoms with E-state index in [2.05, 4.69) is 41.2 Å². The lowest BCUT2D eigenvalue weighted by molar-refractivity contribution is 0.551. The third kappa shape index (κ3) is 2.83. The number of benzene rings is 1. The van der Waals surface area contributed by atoms with E-state index in [1.807, 2.05) is 6.07 Å². The van der Waals surface area contributed by atoms with E-state index in [0.29, 0.717) is 5.92 Å². The summed E-state index contributed by atoms with van der Waals surface area (Å²) in [4.78, 5) is 8.08. The fourth-order valence-electron chi connectivity index (χ4n) is 3.06. The minimum atomic E-state index is 0.475. The number of aromatic nitrogens is 2. The van der Waals surface area contributed by atoms with Crippen LogP contribution < -0.4 is 0 Å². The summed E-state index contributed by atoms with van der Waals surface area (Å²) >= 11 is 5.32. The van der Waals surface area contributed by atoms with Crippen LogP contribution in [0.4, 0.5) is 0 Å². The van der Waals surface area contributed by atoms with E-state index in [1.54, 1.807) is 0 Å². The Kier molecular flexibility index (Phi) is 3.97. The smallest absolute Gasteiger partial charge is 0.129 e. The number of hydrogen-bond donors (Lipinski definition) is 1. The lowest BCUT2D eigenvalue weighted by Crippen LogP contribution is -2.16. The Morgan fingerprint density at radius 3 is 2.90 bits per heavy atom. The van der Waals surface area contributed by atoms with Crippen molar-refractivity contribution in [2.24, 2.45) is 0 Å². The molecule has 1 N–H and O–H groups in total.